The highest BCUT2D eigenvalue weighted by Crippen LogP contribution is 2.59. The van der Waals surface area contributed by atoms with Gasteiger partial charge in [0.1, 0.15) is 0 Å². The van der Waals surface area contributed by atoms with E-state index in [2.05, 4.69) is 48.5 Å². The van der Waals surface area contributed by atoms with Crippen molar-refractivity contribution in [1.29, 1.82) is 0 Å². The molecule has 1 nitrogen and oxygen atoms in total. The van der Waals surface area contributed by atoms with Gasteiger partial charge in [-0.25, -0.2) is 0 Å². The lowest BCUT2D eigenvalue weighted by Crippen LogP contribution is -2.56. The largest absolute Gasteiger partial charge is 0.369 e. The van der Waals surface area contributed by atoms with Gasteiger partial charge in [-0.05, 0) is 70.1 Å². The van der Waals surface area contributed by atoms with E-state index in [9.17, 15) is 0 Å². The summed E-state index contributed by atoms with van der Waals surface area (Å²) in [5, 5.41) is 0. The topological polar surface area (TPSA) is 9.23 Å². The molecule has 0 bridgehead atoms. The van der Waals surface area contributed by atoms with Gasteiger partial charge in [0.05, 0.1) is 11.2 Å². The van der Waals surface area contributed by atoms with E-state index in [-0.39, 0.29) is 11.2 Å². The Morgan fingerprint density at radius 2 is 1.61 bits per heavy atom. The monoisotopic (exact) mass is 252 g/mol. The van der Waals surface area contributed by atoms with Crippen LogP contribution in [0.3, 0.4) is 0 Å². The van der Waals surface area contributed by atoms with Gasteiger partial charge in [-0.3, -0.25) is 0 Å². The van der Waals surface area contributed by atoms with E-state index in [4.69, 9.17) is 4.74 Å². The maximum atomic E-state index is 6.52. The van der Waals surface area contributed by atoms with Crippen LogP contribution in [-0.4, -0.2) is 11.2 Å². The minimum absolute atomic E-state index is 0.0382. The highest BCUT2D eigenvalue weighted by atomic mass is 16.5. The fourth-order valence-electron chi connectivity index (χ4n) is 4.66. The van der Waals surface area contributed by atoms with Crippen LogP contribution in [0.4, 0.5) is 0 Å². The van der Waals surface area contributed by atoms with Crippen LogP contribution in [0.2, 0.25) is 0 Å². The Bertz CT molecular complexity index is 312. The highest BCUT2D eigenvalue weighted by Gasteiger charge is 2.56. The zero-order valence-corrected chi connectivity index (χ0v) is 13.5. The van der Waals surface area contributed by atoms with Gasteiger partial charge in [0, 0.05) is 0 Å². The molecular formula is C17H32O. The Hall–Kier alpha value is -0.0400. The van der Waals surface area contributed by atoms with Crippen LogP contribution >= 0.6 is 0 Å². The fraction of sp³-hybridized carbons (Fsp3) is 1.00. The standard InChI is InChI=1S/C17H32O/c1-12-8-9-14-13(12)10-11-17(7,16(14,5)6)18-15(2,3)4/h12-14H,8-11H2,1-7H3/t12?,13?,14?,17-/m0/s1. The number of rotatable bonds is 1. The molecule has 1 heteroatoms. The Morgan fingerprint density at radius 3 is 2.17 bits per heavy atom. The zero-order chi connectivity index (χ0) is 13.8. The van der Waals surface area contributed by atoms with Gasteiger partial charge in [0.25, 0.3) is 0 Å². The van der Waals surface area contributed by atoms with Crippen LogP contribution in [0.25, 0.3) is 0 Å². The first-order chi connectivity index (χ1) is 8.07. The molecule has 0 radical (unpaired) electrons. The molecule has 2 fully saturated rings. The van der Waals surface area contributed by atoms with E-state index in [1.807, 2.05) is 0 Å². The maximum Gasteiger partial charge on any atom is 0.0715 e. The fourth-order valence-corrected chi connectivity index (χ4v) is 4.66. The van der Waals surface area contributed by atoms with Crippen molar-refractivity contribution in [2.75, 3.05) is 0 Å². The second kappa shape index (κ2) is 4.23. The van der Waals surface area contributed by atoms with Crippen molar-refractivity contribution in [3.8, 4) is 0 Å². The highest BCUT2D eigenvalue weighted by molar-refractivity contribution is 5.06. The minimum Gasteiger partial charge on any atom is -0.369 e. The third-order valence-electron chi connectivity index (χ3n) is 5.96. The molecule has 4 atom stereocenters. The summed E-state index contributed by atoms with van der Waals surface area (Å²) in [6.07, 6.45) is 5.41. The third kappa shape index (κ3) is 2.24. The molecule has 106 valence electrons. The van der Waals surface area contributed by atoms with E-state index in [0.29, 0.717) is 5.41 Å². The molecule has 0 aliphatic heterocycles. The van der Waals surface area contributed by atoms with Crippen molar-refractivity contribution in [1.82, 2.24) is 0 Å². The summed E-state index contributed by atoms with van der Waals surface area (Å²) in [5.74, 6) is 2.72. The average molecular weight is 252 g/mol. The van der Waals surface area contributed by atoms with Crippen LogP contribution < -0.4 is 0 Å². The first kappa shape index (κ1) is 14.4. The molecular weight excluding hydrogens is 220 g/mol. The van der Waals surface area contributed by atoms with Crippen LogP contribution in [-0.2, 0) is 4.74 Å². The van der Waals surface area contributed by atoms with Gasteiger partial charge in [0.2, 0.25) is 0 Å². The zero-order valence-electron chi connectivity index (χ0n) is 13.5. The lowest BCUT2D eigenvalue weighted by molar-refractivity contribution is -0.217. The quantitative estimate of drug-likeness (QED) is 0.635. The first-order valence-electron chi connectivity index (χ1n) is 7.77. The number of fused-ring (bicyclic) bond motifs is 1. The molecule has 2 aliphatic carbocycles. The third-order valence-corrected chi connectivity index (χ3v) is 5.96. The molecule has 0 N–H and O–H groups in total. The summed E-state index contributed by atoms with van der Waals surface area (Å²) < 4.78 is 6.52. The van der Waals surface area contributed by atoms with Crippen LogP contribution in [0.5, 0.6) is 0 Å². The lowest BCUT2D eigenvalue weighted by atomic mass is 9.56. The second-order valence-electron chi connectivity index (χ2n) is 8.53. The van der Waals surface area contributed by atoms with E-state index in [0.717, 1.165) is 17.8 Å². The second-order valence-corrected chi connectivity index (χ2v) is 8.53. The number of ether oxygens (including phenoxy) is 1. The number of hydrogen-bond acceptors (Lipinski definition) is 1. The van der Waals surface area contributed by atoms with Gasteiger partial charge in [0.15, 0.2) is 0 Å². The summed E-state index contributed by atoms with van der Waals surface area (Å²) in [4.78, 5) is 0. The minimum atomic E-state index is -0.0386. The van der Waals surface area contributed by atoms with Gasteiger partial charge in [-0.1, -0.05) is 27.2 Å². The van der Waals surface area contributed by atoms with Gasteiger partial charge >= 0.3 is 0 Å². The molecule has 18 heavy (non-hydrogen) atoms. The van der Waals surface area contributed by atoms with E-state index < -0.39 is 0 Å². The van der Waals surface area contributed by atoms with Crippen molar-refractivity contribution >= 4 is 0 Å². The van der Waals surface area contributed by atoms with E-state index in [1.165, 1.54) is 25.7 Å². The molecule has 0 aromatic heterocycles. The van der Waals surface area contributed by atoms with Crippen LogP contribution in [0.15, 0.2) is 0 Å². The number of hydrogen-bond donors (Lipinski definition) is 0. The van der Waals surface area contributed by atoms with E-state index in [1.54, 1.807) is 0 Å². The normalized spacial score (nSPS) is 43.8. The maximum absolute atomic E-state index is 6.52. The van der Waals surface area contributed by atoms with Crippen LogP contribution in [0, 0.1) is 23.2 Å². The molecule has 0 saturated heterocycles. The SMILES string of the molecule is CC1CCC2C1CC[C@](C)(OC(C)(C)C)C2(C)C. The molecule has 0 heterocycles. The molecule has 2 aliphatic rings. The summed E-state index contributed by atoms with van der Waals surface area (Å²) >= 11 is 0. The summed E-state index contributed by atoms with van der Waals surface area (Å²) in [6.45, 7) is 16.3. The summed E-state index contributed by atoms with van der Waals surface area (Å²) in [5.41, 5.74) is 0.299. The van der Waals surface area contributed by atoms with Crippen molar-refractivity contribution in [2.45, 2.75) is 85.4 Å². The summed E-state index contributed by atoms with van der Waals surface area (Å²) in [7, 11) is 0. The Balaban J connectivity index is 2.24. The Kier molecular flexibility index (Phi) is 3.38. The molecule has 0 aromatic carbocycles. The first-order valence-corrected chi connectivity index (χ1v) is 7.77. The van der Waals surface area contributed by atoms with Crippen molar-refractivity contribution in [3.05, 3.63) is 0 Å². The van der Waals surface area contributed by atoms with Gasteiger partial charge in [-0.15, -0.1) is 0 Å². The predicted molar refractivity (Wildman–Crippen MR) is 77.6 cm³/mol. The lowest BCUT2D eigenvalue weighted by Gasteiger charge is -2.56. The molecule has 2 saturated carbocycles. The van der Waals surface area contributed by atoms with Crippen molar-refractivity contribution in [2.24, 2.45) is 23.2 Å². The molecule has 2 rings (SSSR count). The predicted octanol–water partition coefficient (Wildman–Crippen LogP) is 5.04. The molecule has 0 aromatic rings. The smallest absolute Gasteiger partial charge is 0.0715 e. The van der Waals surface area contributed by atoms with Crippen molar-refractivity contribution in [3.63, 3.8) is 0 Å². The van der Waals surface area contributed by atoms with Crippen LogP contribution in [0.1, 0.15) is 74.1 Å². The Morgan fingerprint density at radius 1 is 1.00 bits per heavy atom. The molecule has 0 spiro atoms. The average Bonchev–Trinajstić information content (AvgIpc) is 2.53. The van der Waals surface area contributed by atoms with Gasteiger partial charge < -0.3 is 4.74 Å². The van der Waals surface area contributed by atoms with E-state index >= 15 is 0 Å². The van der Waals surface area contributed by atoms with Crippen molar-refractivity contribution < 1.29 is 4.74 Å². The Labute approximate surface area is 114 Å². The molecule has 3 unspecified atom stereocenters. The van der Waals surface area contributed by atoms with Gasteiger partial charge in [-0.2, -0.15) is 0 Å². The molecule has 0 amide bonds. The summed E-state index contributed by atoms with van der Waals surface area (Å²) in [6, 6.07) is 0.